The van der Waals surface area contributed by atoms with E-state index in [1.54, 1.807) is 7.11 Å². The summed E-state index contributed by atoms with van der Waals surface area (Å²) in [4.78, 5) is 24.1. The van der Waals surface area contributed by atoms with Crippen molar-refractivity contribution in [1.29, 1.82) is 0 Å². The SMILES string of the molecule is COc1ccc2c(c1)[C@]1(C[C@H]1c1ccc3c(C=Cc4ccc(CN5CC[C@@H](F)C5)cc4)n[nH]c3c1)C(=O)N2.O=C(O)C(F)(F)F. The van der Waals surface area contributed by atoms with Crippen LogP contribution in [0.5, 0.6) is 5.75 Å². The molecular formula is C33H30F4N4O4. The number of aromatic amines is 1. The molecule has 2 fully saturated rings. The number of nitrogens with zero attached hydrogens (tertiary/aromatic N) is 2. The predicted octanol–water partition coefficient (Wildman–Crippen LogP) is 6.30. The van der Waals surface area contributed by atoms with Crippen LogP contribution in [0.2, 0.25) is 0 Å². The van der Waals surface area contributed by atoms with Gasteiger partial charge in [0.2, 0.25) is 5.91 Å². The van der Waals surface area contributed by atoms with E-state index in [4.69, 9.17) is 14.6 Å². The number of nitrogens with one attached hydrogen (secondary N) is 2. The summed E-state index contributed by atoms with van der Waals surface area (Å²) in [6, 6.07) is 20.5. The largest absolute Gasteiger partial charge is 0.497 e. The van der Waals surface area contributed by atoms with E-state index in [-0.39, 0.29) is 11.8 Å². The van der Waals surface area contributed by atoms with Crippen molar-refractivity contribution in [2.45, 2.75) is 43.1 Å². The van der Waals surface area contributed by atoms with Gasteiger partial charge in [-0.25, -0.2) is 9.18 Å². The second kappa shape index (κ2) is 11.7. The van der Waals surface area contributed by atoms with Crippen molar-refractivity contribution in [3.05, 3.63) is 88.6 Å². The van der Waals surface area contributed by atoms with Crippen LogP contribution in [0, 0.1) is 0 Å². The van der Waals surface area contributed by atoms with E-state index in [1.165, 1.54) is 5.56 Å². The number of carbonyl (C=O) groups excluding carboxylic acids is 1. The van der Waals surface area contributed by atoms with Crippen LogP contribution < -0.4 is 10.1 Å². The summed E-state index contributed by atoms with van der Waals surface area (Å²) in [6.45, 7) is 2.15. The molecule has 0 unspecified atom stereocenters. The number of likely N-dealkylation sites (tertiary alicyclic amines) is 1. The van der Waals surface area contributed by atoms with Gasteiger partial charge in [0.1, 0.15) is 11.9 Å². The molecule has 3 heterocycles. The molecular weight excluding hydrogens is 592 g/mol. The number of alkyl halides is 4. The van der Waals surface area contributed by atoms with Gasteiger partial charge in [-0.05, 0) is 65.4 Å². The van der Waals surface area contributed by atoms with Crippen molar-refractivity contribution in [2.75, 3.05) is 25.5 Å². The van der Waals surface area contributed by atoms with Gasteiger partial charge in [-0.2, -0.15) is 18.3 Å². The van der Waals surface area contributed by atoms with Crippen LogP contribution >= 0.6 is 0 Å². The zero-order valence-corrected chi connectivity index (χ0v) is 24.2. The van der Waals surface area contributed by atoms with Crippen LogP contribution in [0.3, 0.4) is 0 Å². The summed E-state index contributed by atoms with van der Waals surface area (Å²) >= 11 is 0. The number of halogens is 4. The number of fused-ring (bicyclic) bond motifs is 3. The van der Waals surface area contributed by atoms with Crippen molar-refractivity contribution >= 4 is 40.6 Å². The number of amides is 1. The normalized spacial score (nSPS) is 22.4. The smallest absolute Gasteiger partial charge is 0.490 e. The molecule has 0 radical (unpaired) electrons. The highest BCUT2D eigenvalue weighted by atomic mass is 19.4. The lowest BCUT2D eigenvalue weighted by Gasteiger charge is -2.14. The zero-order valence-electron chi connectivity index (χ0n) is 24.2. The topological polar surface area (TPSA) is 108 Å². The first-order valence-electron chi connectivity index (χ1n) is 14.4. The fourth-order valence-electron chi connectivity index (χ4n) is 6.20. The van der Waals surface area contributed by atoms with Crippen molar-refractivity contribution in [3.63, 3.8) is 0 Å². The second-order valence-electron chi connectivity index (χ2n) is 11.5. The third-order valence-electron chi connectivity index (χ3n) is 8.62. The van der Waals surface area contributed by atoms with Gasteiger partial charge >= 0.3 is 12.1 Å². The number of aromatic nitrogens is 2. The number of carbonyl (C=O) groups is 2. The molecule has 3 N–H and O–H groups in total. The Morgan fingerprint density at radius 1 is 1.13 bits per heavy atom. The van der Waals surface area contributed by atoms with Crippen molar-refractivity contribution in [2.24, 2.45) is 0 Å². The summed E-state index contributed by atoms with van der Waals surface area (Å²) < 4.78 is 50.6. The molecule has 1 aliphatic carbocycles. The van der Waals surface area contributed by atoms with Crippen LogP contribution in [0.4, 0.5) is 23.2 Å². The number of hydrogen-bond donors (Lipinski definition) is 3. The minimum absolute atomic E-state index is 0.0668. The number of carboxylic acids is 1. The van der Waals surface area contributed by atoms with Crippen molar-refractivity contribution in [3.8, 4) is 5.75 Å². The summed E-state index contributed by atoms with van der Waals surface area (Å²) in [5.41, 5.74) is 6.64. The molecule has 3 atom stereocenters. The highest BCUT2D eigenvalue weighted by molar-refractivity contribution is 6.10. The van der Waals surface area contributed by atoms with E-state index >= 15 is 0 Å². The maximum absolute atomic E-state index is 13.4. The summed E-state index contributed by atoms with van der Waals surface area (Å²) in [5.74, 6) is -1.80. The first-order chi connectivity index (χ1) is 21.5. The standard InChI is InChI=1S/C31H29FN4O2.C2HF3O2/c1-38-23-8-11-28-25(15-23)31(30(37)33-28)16-26(31)21-7-9-24-27(34-35-29(24)14-21)10-6-19-2-4-20(5-3-19)17-36-13-12-22(32)18-36;3-2(4,5)1(6)7/h2-11,14-15,22,26H,12-13,16-18H2,1H3,(H,33,37)(H,34,35);(H,6,7)/t22-,26+,31+;/m1./s1. The Morgan fingerprint density at radius 3 is 2.56 bits per heavy atom. The molecule has 0 bridgehead atoms. The van der Waals surface area contributed by atoms with Gasteiger partial charge in [0.25, 0.3) is 0 Å². The fourth-order valence-corrected chi connectivity index (χ4v) is 6.20. The number of H-pyrrole nitrogens is 1. The third-order valence-corrected chi connectivity index (χ3v) is 8.62. The number of benzene rings is 3. The average molecular weight is 623 g/mol. The number of rotatable bonds is 6. The zero-order chi connectivity index (χ0) is 31.9. The van der Waals surface area contributed by atoms with Crippen LogP contribution in [0.25, 0.3) is 23.1 Å². The van der Waals surface area contributed by atoms with E-state index in [9.17, 15) is 22.4 Å². The van der Waals surface area contributed by atoms with Crippen LogP contribution in [0.1, 0.15) is 46.7 Å². The quantitative estimate of drug-likeness (QED) is 0.218. The van der Waals surface area contributed by atoms with Gasteiger partial charge in [-0.1, -0.05) is 42.5 Å². The first-order valence-corrected chi connectivity index (χ1v) is 14.4. The molecule has 1 spiro atoms. The van der Waals surface area contributed by atoms with Crippen LogP contribution in [-0.2, 0) is 21.5 Å². The molecule has 4 aromatic rings. The Hall–Kier alpha value is -4.71. The fraction of sp³-hybridized carbons (Fsp3) is 0.303. The summed E-state index contributed by atoms with van der Waals surface area (Å²) in [6.07, 6.45) is -0.268. The van der Waals surface area contributed by atoms with E-state index in [0.29, 0.717) is 13.0 Å². The number of aliphatic carboxylic acids is 1. The minimum atomic E-state index is -5.08. The van der Waals surface area contributed by atoms with Crippen molar-refractivity contribution in [1.82, 2.24) is 15.1 Å². The number of carboxylic acid groups (broad SMARTS) is 1. The Kier molecular flexibility index (Phi) is 7.86. The Morgan fingerprint density at radius 2 is 1.89 bits per heavy atom. The molecule has 3 aromatic carbocycles. The average Bonchev–Trinajstić information content (AvgIpc) is 3.27. The van der Waals surface area contributed by atoms with E-state index in [1.807, 2.05) is 24.3 Å². The predicted molar refractivity (Wildman–Crippen MR) is 161 cm³/mol. The van der Waals surface area contributed by atoms with Gasteiger partial charge in [0.15, 0.2) is 0 Å². The monoisotopic (exact) mass is 622 g/mol. The minimum Gasteiger partial charge on any atom is -0.497 e. The summed E-state index contributed by atoms with van der Waals surface area (Å²) in [5, 5.41) is 18.9. The second-order valence-corrected chi connectivity index (χ2v) is 11.5. The van der Waals surface area contributed by atoms with Gasteiger partial charge in [-0.15, -0.1) is 0 Å². The maximum atomic E-state index is 13.4. The Labute approximate surface area is 255 Å². The molecule has 3 aliphatic rings. The van der Waals surface area contributed by atoms with Crippen molar-refractivity contribution < 1.29 is 37.0 Å². The molecule has 12 heteroatoms. The number of ether oxygens (including phenoxy) is 1. The third kappa shape index (κ3) is 6.02. The van der Waals surface area contributed by atoms with E-state index in [2.05, 4.69) is 69.0 Å². The number of methoxy groups -OCH3 is 1. The lowest BCUT2D eigenvalue weighted by Crippen LogP contribution is -2.21. The lowest BCUT2D eigenvalue weighted by atomic mass is 9.91. The number of hydrogen-bond acceptors (Lipinski definition) is 5. The van der Waals surface area contributed by atoms with E-state index < -0.39 is 23.7 Å². The maximum Gasteiger partial charge on any atom is 0.490 e. The highest BCUT2D eigenvalue weighted by Crippen LogP contribution is 2.65. The Bertz CT molecular complexity index is 1790. The summed E-state index contributed by atoms with van der Waals surface area (Å²) in [7, 11) is 1.65. The molecule has 1 saturated carbocycles. The molecule has 8 nitrogen and oxygen atoms in total. The molecule has 45 heavy (non-hydrogen) atoms. The highest BCUT2D eigenvalue weighted by Gasteiger charge is 2.65. The van der Waals surface area contributed by atoms with Gasteiger partial charge in [0.05, 0.1) is 23.7 Å². The molecule has 2 aliphatic heterocycles. The van der Waals surface area contributed by atoms with Gasteiger partial charge in [0, 0.05) is 36.6 Å². The van der Waals surface area contributed by atoms with Crippen LogP contribution in [-0.4, -0.2) is 64.6 Å². The van der Waals surface area contributed by atoms with Gasteiger partial charge < -0.3 is 15.2 Å². The first kappa shape index (κ1) is 30.3. The Balaban J connectivity index is 0.000000460. The van der Waals surface area contributed by atoms with Gasteiger partial charge in [-0.3, -0.25) is 14.8 Å². The molecule has 1 aromatic heterocycles. The number of anilines is 1. The van der Waals surface area contributed by atoms with E-state index in [0.717, 1.165) is 64.2 Å². The lowest BCUT2D eigenvalue weighted by molar-refractivity contribution is -0.192. The molecule has 1 saturated heterocycles. The molecule has 7 rings (SSSR count). The molecule has 234 valence electrons. The molecule has 1 amide bonds. The van der Waals surface area contributed by atoms with Crippen LogP contribution in [0.15, 0.2) is 60.7 Å².